The van der Waals surface area contributed by atoms with Gasteiger partial charge in [0.1, 0.15) is 0 Å². The van der Waals surface area contributed by atoms with Crippen molar-refractivity contribution in [2.75, 3.05) is 52.5 Å². The van der Waals surface area contributed by atoms with Crippen LogP contribution in [0.5, 0.6) is 0 Å². The van der Waals surface area contributed by atoms with Gasteiger partial charge in [-0.15, -0.1) is 0 Å². The van der Waals surface area contributed by atoms with Crippen LogP contribution in [-0.4, -0.2) is 81.7 Å². The van der Waals surface area contributed by atoms with Crippen LogP contribution in [-0.2, 0) is 19.0 Å². The third-order valence-electron chi connectivity index (χ3n) is 14.8. The fourth-order valence-electron chi connectivity index (χ4n) is 11.9. The van der Waals surface area contributed by atoms with Crippen molar-refractivity contribution in [3.8, 4) is 0 Å². The summed E-state index contributed by atoms with van der Waals surface area (Å²) in [6.07, 6.45) is 22.9. The summed E-state index contributed by atoms with van der Waals surface area (Å²) in [6.45, 7) is 19.8. The number of fused-ring (bicyclic) bond motifs is 5. The molecule has 52 heavy (non-hydrogen) atoms. The second kappa shape index (κ2) is 21.9. The van der Waals surface area contributed by atoms with Crippen LogP contribution < -0.4 is 17.2 Å². The number of rotatable bonds is 25. The van der Waals surface area contributed by atoms with E-state index in [4.69, 9.17) is 31.4 Å². The molecule has 0 bridgehead atoms. The highest BCUT2D eigenvalue weighted by Crippen LogP contribution is 2.69. The van der Waals surface area contributed by atoms with Gasteiger partial charge in [-0.2, -0.15) is 0 Å². The smallest absolute Gasteiger partial charge is 0.245 e. The highest BCUT2D eigenvalue weighted by molar-refractivity contribution is 5.86. The Morgan fingerprint density at radius 2 is 1.46 bits per heavy atom. The number of nitrogens with zero attached hydrogens (tertiary/aromatic N) is 1. The maximum atomic E-state index is 12.8. The van der Waals surface area contributed by atoms with Crippen molar-refractivity contribution in [3.63, 3.8) is 0 Å². The quantitative estimate of drug-likeness (QED) is 0.0645. The average molecular weight is 731 g/mol. The maximum Gasteiger partial charge on any atom is 0.245 e. The molecule has 0 saturated heterocycles. The Bertz CT molecular complexity index is 1050. The van der Waals surface area contributed by atoms with E-state index in [0.717, 1.165) is 97.1 Å². The van der Waals surface area contributed by atoms with Gasteiger partial charge < -0.3 is 36.3 Å². The van der Waals surface area contributed by atoms with E-state index >= 15 is 0 Å². The number of carbonyl (C=O) groups is 1. The first-order valence-corrected chi connectivity index (χ1v) is 22.1. The minimum Gasteiger partial charge on any atom is -0.378 e. The van der Waals surface area contributed by atoms with E-state index in [-0.39, 0.29) is 28.9 Å². The fraction of sp³-hybridized carbons (Fsp3) is 0.932. The molecule has 8 nitrogen and oxygen atoms in total. The van der Waals surface area contributed by atoms with Crippen LogP contribution in [0.2, 0.25) is 0 Å². The molecule has 8 heteroatoms. The number of amides is 1. The summed E-state index contributed by atoms with van der Waals surface area (Å²) < 4.78 is 20.4. The predicted molar refractivity (Wildman–Crippen MR) is 215 cm³/mol. The van der Waals surface area contributed by atoms with E-state index in [1.54, 1.807) is 0 Å². The molecule has 0 radical (unpaired) electrons. The second-order valence-electron chi connectivity index (χ2n) is 17.9. The highest BCUT2D eigenvalue weighted by Gasteiger charge is 2.66. The zero-order chi connectivity index (χ0) is 37.6. The Morgan fingerprint density at radius 1 is 0.808 bits per heavy atom. The molecule has 1 amide bonds. The zero-order valence-corrected chi connectivity index (χ0v) is 34.2. The molecule has 6 N–H and O–H groups in total. The molecule has 0 aromatic rings. The Morgan fingerprint density at radius 3 is 2.15 bits per heavy atom. The number of carbonyl (C=O) groups excluding carboxylic acids is 1. The predicted octanol–water partition coefficient (Wildman–Crippen LogP) is 7.86. The molecule has 3 unspecified atom stereocenters. The van der Waals surface area contributed by atoms with Gasteiger partial charge >= 0.3 is 0 Å². The Hall–Kier alpha value is -1.03. The largest absolute Gasteiger partial charge is 0.378 e. The van der Waals surface area contributed by atoms with Crippen LogP contribution in [0.1, 0.15) is 143 Å². The lowest BCUT2D eigenvalue weighted by atomic mass is 9.43. The summed E-state index contributed by atoms with van der Waals surface area (Å²) in [7, 11) is 0. The SMILES string of the molecule is C=CC(=O)N(CCCCCCCC)CCC[C@@H](C)[C@H]1CC[C@H]2C3[C@H](OCCCN)CC4C[C@H](OCCCN)CC[C@]4(C)[C@H]3C[C@H](OCCCN)C12C. The van der Waals surface area contributed by atoms with E-state index < -0.39 is 0 Å². The van der Waals surface area contributed by atoms with Crippen molar-refractivity contribution in [1.29, 1.82) is 0 Å². The second-order valence-corrected chi connectivity index (χ2v) is 17.9. The van der Waals surface area contributed by atoms with Gasteiger partial charge in [-0.05, 0) is 150 Å². The summed E-state index contributed by atoms with van der Waals surface area (Å²) in [5.41, 5.74) is 18.2. The molecule has 4 aliphatic carbocycles. The Kier molecular flexibility index (Phi) is 18.4. The monoisotopic (exact) mass is 731 g/mol. The van der Waals surface area contributed by atoms with Crippen molar-refractivity contribution >= 4 is 5.91 Å². The van der Waals surface area contributed by atoms with Gasteiger partial charge in [-0.1, -0.05) is 66.4 Å². The maximum absolute atomic E-state index is 12.8. The van der Waals surface area contributed by atoms with Gasteiger partial charge in [0.15, 0.2) is 0 Å². The third kappa shape index (κ3) is 10.6. The summed E-state index contributed by atoms with van der Waals surface area (Å²) in [6, 6.07) is 0. The molecule has 302 valence electrons. The van der Waals surface area contributed by atoms with E-state index in [9.17, 15) is 4.79 Å². The molecule has 0 aromatic carbocycles. The molecule has 0 aliphatic heterocycles. The molecule has 4 rings (SSSR count). The molecule has 0 spiro atoms. The lowest BCUT2D eigenvalue weighted by Gasteiger charge is -2.65. The number of nitrogens with two attached hydrogens (primary N) is 3. The number of ether oxygens (including phenoxy) is 3. The van der Waals surface area contributed by atoms with E-state index in [0.29, 0.717) is 61.2 Å². The number of unbranched alkanes of at least 4 members (excludes halogenated alkanes) is 5. The minimum atomic E-state index is 0.0849. The van der Waals surface area contributed by atoms with Crippen LogP contribution in [0, 0.1) is 46.3 Å². The highest BCUT2D eigenvalue weighted by atomic mass is 16.5. The average Bonchev–Trinajstić information content (AvgIpc) is 3.50. The number of hydrogen-bond donors (Lipinski definition) is 3. The fourth-order valence-corrected chi connectivity index (χ4v) is 11.9. The van der Waals surface area contributed by atoms with Crippen LogP contribution in [0.15, 0.2) is 12.7 Å². The van der Waals surface area contributed by atoms with Crippen LogP contribution in [0.4, 0.5) is 0 Å². The summed E-state index contributed by atoms with van der Waals surface area (Å²) in [5, 5.41) is 0. The standard InChI is InChI=1S/C44H82N4O4/c1-6-8-9-10-11-12-25-48(41(49)7-2)26-13-17-33(3)36-18-19-37-42-38(32-40(44(36,37)5)52-29-16-24-47)43(4)21-20-35(50-27-14-22-45)30-34(43)31-39(42)51-28-15-23-46/h7,33-40,42H,2,6,8-32,45-47H2,1,3-5H3/t33-,34?,35-,36-,37+,38+,39-,40+,42?,43+,44?/m1/s1. The first-order chi connectivity index (χ1) is 25.2. The topological polar surface area (TPSA) is 126 Å². The molecule has 4 saturated carbocycles. The molecular weight excluding hydrogens is 649 g/mol. The molecular formula is C44H82N4O4. The van der Waals surface area contributed by atoms with E-state index in [1.807, 2.05) is 0 Å². The Balaban J connectivity index is 1.51. The zero-order valence-electron chi connectivity index (χ0n) is 34.2. The lowest BCUT2D eigenvalue weighted by molar-refractivity contribution is -0.227. The summed E-state index contributed by atoms with van der Waals surface area (Å²) >= 11 is 0. The van der Waals surface area contributed by atoms with Crippen molar-refractivity contribution in [2.24, 2.45) is 63.5 Å². The normalized spacial score (nSPS) is 34.7. The molecule has 4 fully saturated rings. The summed E-state index contributed by atoms with van der Waals surface area (Å²) in [4.78, 5) is 14.9. The Labute approximate surface area is 319 Å². The van der Waals surface area contributed by atoms with Crippen molar-refractivity contribution in [2.45, 2.75) is 162 Å². The molecule has 0 aromatic heterocycles. The van der Waals surface area contributed by atoms with Gasteiger partial charge in [0.05, 0.1) is 18.3 Å². The van der Waals surface area contributed by atoms with Gasteiger partial charge in [-0.3, -0.25) is 4.79 Å². The van der Waals surface area contributed by atoms with Crippen LogP contribution in [0.3, 0.4) is 0 Å². The first kappa shape index (κ1) is 43.7. The van der Waals surface area contributed by atoms with Gasteiger partial charge in [-0.25, -0.2) is 0 Å². The van der Waals surface area contributed by atoms with Gasteiger partial charge in [0.25, 0.3) is 0 Å². The van der Waals surface area contributed by atoms with Crippen molar-refractivity contribution in [3.05, 3.63) is 12.7 Å². The minimum absolute atomic E-state index is 0.0849. The first-order valence-electron chi connectivity index (χ1n) is 22.1. The molecule has 11 atom stereocenters. The summed E-state index contributed by atoms with van der Waals surface area (Å²) in [5.74, 6) is 3.53. The molecule has 4 aliphatic rings. The van der Waals surface area contributed by atoms with Gasteiger partial charge in [0, 0.05) is 38.3 Å². The van der Waals surface area contributed by atoms with E-state index in [1.165, 1.54) is 57.4 Å². The van der Waals surface area contributed by atoms with Crippen molar-refractivity contribution in [1.82, 2.24) is 4.90 Å². The number of hydrogen-bond acceptors (Lipinski definition) is 7. The van der Waals surface area contributed by atoms with Gasteiger partial charge in [0.2, 0.25) is 5.91 Å². The third-order valence-corrected chi connectivity index (χ3v) is 14.8. The van der Waals surface area contributed by atoms with Crippen LogP contribution >= 0.6 is 0 Å². The van der Waals surface area contributed by atoms with Crippen molar-refractivity contribution < 1.29 is 19.0 Å². The lowest BCUT2D eigenvalue weighted by Crippen LogP contribution is -2.63. The van der Waals surface area contributed by atoms with Crippen LogP contribution in [0.25, 0.3) is 0 Å². The molecule has 0 heterocycles. The van der Waals surface area contributed by atoms with E-state index in [2.05, 4.69) is 39.2 Å².